The number of nitrogens with one attached hydrogen (secondary N) is 1. The van der Waals surface area contributed by atoms with Crippen LogP contribution in [0.15, 0.2) is 76.5 Å². The van der Waals surface area contributed by atoms with Crippen LogP contribution in [0.3, 0.4) is 0 Å². The Morgan fingerprint density at radius 1 is 1.04 bits per heavy atom. The third kappa shape index (κ3) is 8.73. The Morgan fingerprint density at radius 2 is 1.76 bits per heavy atom. The van der Waals surface area contributed by atoms with Crippen molar-refractivity contribution in [1.82, 2.24) is 9.55 Å². The number of methoxy groups -OCH3 is 1. The van der Waals surface area contributed by atoms with E-state index >= 15 is 0 Å². The number of hydrogen-bond donors (Lipinski definition) is 1. The van der Waals surface area contributed by atoms with Gasteiger partial charge in [0.05, 0.1) is 31.7 Å². The Morgan fingerprint density at radius 3 is 2.36 bits per heavy atom. The minimum Gasteiger partial charge on any atom is -0.495 e. The highest BCUT2D eigenvalue weighted by Crippen LogP contribution is 2.38. The largest absolute Gasteiger partial charge is 0.522 e. The molecule has 0 aliphatic heterocycles. The van der Waals surface area contributed by atoms with Gasteiger partial charge in [0.15, 0.2) is 12.2 Å². The summed E-state index contributed by atoms with van der Waals surface area (Å²) in [6, 6.07) is 10.3. The molecule has 0 aliphatic rings. The van der Waals surface area contributed by atoms with Crippen LogP contribution in [0.2, 0.25) is 5.02 Å². The van der Waals surface area contributed by atoms with E-state index in [1.807, 2.05) is 0 Å². The predicted octanol–water partition coefficient (Wildman–Crippen LogP) is 6.89. The highest BCUT2D eigenvalue weighted by atomic mass is 35.5. The van der Waals surface area contributed by atoms with Crippen molar-refractivity contribution in [2.75, 3.05) is 19.0 Å². The summed E-state index contributed by atoms with van der Waals surface area (Å²) in [4.78, 5) is 43.2. The zero-order valence-corrected chi connectivity index (χ0v) is 25.4. The molecule has 0 fully saturated rings. The second kappa shape index (κ2) is 13.6. The van der Waals surface area contributed by atoms with E-state index in [1.165, 1.54) is 56.2 Å². The summed E-state index contributed by atoms with van der Waals surface area (Å²) in [5.41, 5.74) is 0.283. The van der Waals surface area contributed by atoms with E-state index in [4.69, 9.17) is 25.5 Å². The van der Waals surface area contributed by atoms with Gasteiger partial charge in [0.1, 0.15) is 17.4 Å². The molecule has 4 rings (SSSR count). The van der Waals surface area contributed by atoms with Gasteiger partial charge in [-0.2, -0.15) is 0 Å². The fourth-order valence-electron chi connectivity index (χ4n) is 4.38. The van der Waals surface area contributed by atoms with E-state index in [9.17, 15) is 27.6 Å². The number of benzene rings is 2. The minimum atomic E-state index is -4.95. The quantitative estimate of drug-likeness (QED) is 0.185. The van der Waals surface area contributed by atoms with Crippen LogP contribution >= 0.6 is 11.6 Å². The molecule has 2 aromatic carbocycles. The Bertz CT molecular complexity index is 1710. The highest BCUT2D eigenvalue weighted by molar-refractivity contribution is 6.31. The molecule has 2 aromatic heterocycles. The molecular formula is C31H29ClF3N3O7. The van der Waals surface area contributed by atoms with Crippen molar-refractivity contribution in [3.8, 4) is 28.2 Å². The Kier molecular flexibility index (Phi) is 10.0. The number of halogens is 4. The van der Waals surface area contributed by atoms with Gasteiger partial charge in [-0.3, -0.25) is 18.9 Å². The smallest absolute Gasteiger partial charge is 0.495 e. The number of esters is 1. The van der Waals surface area contributed by atoms with E-state index in [1.54, 1.807) is 39.0 Å². The van der Waals surface area contributed by atoms with Gasteiger partial charge in [0, 0.05) is 34.3 Å². The number of aromatic nitrogens is 2. The molecule has 0 spiro atoms. The Labute approximate surface area is 260 Å². The molecule has 0 aliphatic carbocycles. The highest BCUT2D eigenvalue weighted by Gasteiger charge is 2.31. The Hall–Kier alpha value is -4.62. The predicted molar refractivity (Wildman–Crippen MR) is 159 cm³/mol. The first-order valence-corrected chi connectivity index (χ1v) is 13.9. The molecule has 1 amide bonds. The van der Waals surface area contributed by atoms with Gasteiger partial charge in [-0.05, 0) is 68.8 Å². The van der Waals surface area contributed by atoms with Gasteiger partial charge in [-0.25, -0.2) is 9.78 Å². The average molecular weight is 648 g/mol. The number of ether oxygens (including phenoxy) is 3. The molecule has 14 heteroatoms. The molecule has 1 unspecified atom stereocenters. The van der Waals surface area contributed by atoms with Crippen LogP contribution in [-0.2, 0) is 14.3 Å². The third-order valence-corrected chi connectivity index (χ3v) is 6.55. The van der Waals surface area contributed by atoms with Crippen LogP contribution in [0.5, 0.6) is 5.75 Å². The van der Waals surface area contributed by atoms with Crippen LogP contribution in [0, 0.1) is 0 Å². The molecule has 2 heterocycles. The van der Waals surface area contributed by atoms with E-state index < -0.39 is 48.5 Å². The first-order valence-electron chi connectivity index (χ1n) is 13.5. The number of rotatable bonds is 10. The summed E-state index contributed by atoms with van der Waals surface area (Å²) in [6.07, 6.45) is -1.53. The lowest BCUT2D eigenvalue weighted by Crippen LogP contribution is -2.34. The topological polar surface area (TPSA) is 122 Å². The van der Waals surface area contributed by atoms with Gasteiger partial charge in [0.25, 0.3) is 5.56 Å². The van der Waals surface area contributed by atoms with Crippen molar-refractivity contribution in [2.24, 2.45) is 0 Å². The first-order chi connectivity index (χ1) is 21.1. The van der Waals surface area contributed by atoms with Crippen molar-refractivity contribution >= 4 is 29.2 Å². The van der Waals surface area contributed by atoms with Crippen molar-refractivity contribution in [3.05, 3.63) is 88.3 Å². The number of carbonyl (C=O) groups excluding carboxylic acids is 2. The molecule has 4 aromatic rings. The van der Waals surface area contributed by atoms with Gasteiger partial charge < -0.3 is 19.2 Å². The van der Waals surface area contributed by atoms with E-state index in [2.05, 4.69) is 15.0 Å². The van der Waals surface area contributed by atoms with Crippen LogP contribution in [0.25, 0.3) is 22.5 Å². The number of hydrogen-bond acceptors (Lipinski definition) is 8. The first kappa shape index (κ1) is 33.3. The monoisotopic (exact) mass is 647 g/mol. The maximum Gasteiger partial charge on any atom is 0.522 e. The van der Waals surface area contributed by atoms with E-state index in [0.717, 1.165) is 4.57 Å². The minimum absolute atomic E-state index is 0.119. The van der Waals surface area contributed by atoms with Crippen molar-refractivity contribution in [2.45, 2.75) is 45.2 Å². The molecule has 238 valence electrons. The number of alkyl halides is 3. The summed E-state index contributed by atoms with van der Waals surface area (Å²) in [7, 11) is 1.33. The maximum absolute atomic E-state index is 13.5. The third-order valence-electron chi connectivity index (χ3n) is 6.32. The molecule has 10 nitrogen and oxygen atoms in total. The molecule has 0 saturated carbocycles. The van der Waals surface area contributed by atoms with Crippen LogP contribution < -0.4 is 15.6 Å². The number of oxazole rings is 1. The second-order valence-electron chi connectivity index (χ2n) is 10.7. The summed E-state index contributed by atoms with van der Waals surface area (Å²) in [5, 5.41) is 2.93. The standard InChI is InChI=1S/C31H29ClF3N3O7/c1-30(2,3)45-29(41)18-5-8-20(9-6-18)37-28(40)24(11-12-44-31(33,34)35)38-16-26(42-4)23(14-27(38)39)22-13-19(32)7-10-21(22)25-15-36-17-43-25/h5-10,13-17,24H,11-12H2,1-4H3,(H,37,40). The number of amides is 1. The van der Waals surface area contributed by atoms with Gasteiger partial charge >= 0.3 is 12.3 Å². The molecular weight excluding hydrogens is 619 g/mol. The Balaban J connectivity index is 1.69. The summed E-state index contributed by atoms with van der Waals surface area (Å²) < 4.78 is 59.6. The number of pyridine rings is 1. The maximum atomic E-state index is 13.5. The number of nitrogens with zero attached hydrogens (tertiary/aromatic N) is 2. The fraction of sp³-hybridized carbons (Fsp3) is 0.290. The SMILES string of the molecule is COc1cn(C(CCOC(F)(F)F)C(=O)Nc2ccc(C(=O)OC(C)(C)C)cc2)c(=O)cc1-c1cc(Cl)ccc1-c1cnco1. The van der Waals surface area contributed by atoms with E-state index in [-0.39, 0.29) is 22.6 Å². The van der Waals surface area contributed by atoms with Crippen molar-refractivity contribution < 1.29 is 41.4 Å². The normalized spacial score (nSPS) is 12.4. The average Bonchev–Trinajstić information content (AvgIpc) is 3.49. The lowest BCUT2D eigenvalue weighted by molar-refractivity contribution is -0.325. The van der Waals surface area contributed by atoms with Crippen molar-refractivity contribution in [3.63, 3.8) is 0 Å². The van der Waals surface area contributed by atoms with E-state index in [0.29, 0.717) is 21.9 Å². The zero-order chi connectivity index (χ0) is 32.9. The number of carbonyl (C=O) groups is 2. The van der Waals surface area contributed by atoms with Gasteiger partial charge in [-0.15, -0.1) is 13.2 Å². The van der Waals surface area contributed by atoms with Crippen LogP contribution in [0.4, 0.5) is 18.9 Å². The molecule has 0 saturated heterocycles. The van der Waals surface area contributed by atoms with Crippen molar-refractivity contribution in [1.29, 1.82) is 0 Å². The van der Waals surface area contributed by atoms with Crippen LogP contribution in [0.1, 0.15) is 43.6 Å². The van der Waals surface area contributed by atoms with Gasteiger partial charge in [0.2, 0.25) is 5.91 Å². The fourth-order valence-corrected chi connectivity index (χ4v) is 4.56. The van der Waals surface area contributed by atoms with Gasteiger partial charge in [-0.1, -0.05) is 11.6 Å². The molecule has 0 radical (unpaired) electrons. The lowest BCUT2D eigenvalue weighted by atomic mass is 9.98. The summed E-state index contributed by atoms with van der Waals surface area (Å²) in [6.45, 7) is 4.24. The lowest BCUT2D eigenvalue weighted by Gasteiger charge is -2.22. The molecule has 1 N–H and O–H groups in total. The number of anilines is 1. The molecule has 1 atom stereocenters. The summed E-state index contributed by atoms with van der Waals surface area (Å²) >= 11 is 6.26. The second-order valence-corrected chi connectivity index (χ2v) is 11.2. The summed E-state index contributed by atoms with van der Waals surface area (Å²) in [5.74, 6) is -0.888. The molecule has 45 heavy (non-hydrogen) atoms. The zero-order valence-electron chi connectivity index (χ0n) is 24.6. The molecule has 0 bridgehead atoms. The van der Waals surface area contributed by atoms with Crippen LogP contribution in [-0.4, -0.2) is 47.1 Å².